The van der Waals surface area contributed by atoms with E-state index in [0.29, 0.717) is 5.92 Å². The number of hydrogen-bond donors (Lipinski definition) is 2. The van der Waals surface area contributed by atoms with Gasteiger partial charge in [-0.15, -0.1) is 11.3 Å². The number of carbonyl (C=O) groups is 1. The van der Waals surface area contributed by atoms with E-state index >= 15 is 0 Å². The fourth-order valence-corrected chi connectivity index (χ4v) is 5.05. The number of nitrogens with one attached hydrogen (secondary N) is 2. The number of para-hydroxylation sites is 1. The van der Waals surface area contributed by atoms with Crippen molar-refractivity contribution in [1.82, 2.24) is 15.6 Å². The summed E-state index contributed by atoms with van der Waals surface area (Å²) < 4.78 is 1.20. The molecule has 5 heteroatoms. The van der Waals surface area contributed by atoms with Crippen molar-refractivity contribution >= 4 is 27.5 Å². The molecular weight excluding hydrogens is 342 g/mol. The zero-order valence-electron chi connectivity index (χ0n) is 16.0. The second kappa shape index (κ2) is 8.96. The summed E-state index contributed by atoms with van der Waals surface area (Å²) in [5, 5.41) is 7.76. The van der Waals surface area contributed by atoms with Gasteiger partial charge in [-0.05, 0) is 63.2 Å². The van der Waals surface area contributed by atoms with Crippen LogP contribution in [0.5, 0.6) is 0 Å². The molecule has 0 spiro atoms. The van der Waals surface area contributed by atoms with Gasteiger partial charge in [0.15, 0.2) is 0 Å². The van der Waals surface area contributed by atoms with Gasteiger partial charge < -0.3 is 10.6 Å². The minimum Gasteiger partial charge on any atom is -0.356 e. The summed E-state index contributed by atoms with van der Waals surface area (Å²) in [5.41, 5.74) is 0.692. The first-order chi connectivity index (χ1) is 12.7. The summed E-state index contributed by atoms with van der Waals surface area (Å²) in [6, 6.07) is 8.22. The highest BCUT2D eigenvalue weighted by Crippen LogP contribution is 2.34. The number of amides is 1. The van der Waals surface area contributed by atoms with Crippen LogP contribution in [0.15, 0.2) is 24.3 Å². The molecule has 26 heavy (non-hydrogen) atoms. The summed E-state index contributed by atoms with van der Waals surface area (Å²) in [4.78, 5) is 17.8. The van der Waals surface area contributed by atoms with E-state index in [1.54, 1.807) is 11.3 Å². The standard InChI is InChI=1S/C21H31N3OS/c1-3-21(4-2,14-19-24-17-9-5-6-10-18(17)26-19)20(25)23-13-11-16-8-7-12-22-15-16/h5-6,9-10,16,22H,3-4,7-8,11-15H2,1-2H3,(H,23,25). The third-order valence-corrected chi connectivity index (χ3v) is 6.94. The van der Waals surface area contributed by atoms with E-state index in [2.05, 4.69) is 30.5 Å². The van der Waals surface area contributed by atoms with Crippen LogP contribution < -0.4 is 10.6 Å². The van der Waals surface area contributed by atoms with Gasteiger partial charge in [0.25, 0.3) is 0 Å². The van der Waals surface area contributed by atoms with Gasteiger partial charge in [0.1, 0.15) is 0 Å². The van der Waals surface area contributed by atoms with Crippen molar-refractivity contribution in [1.29, 1.82) is 0 Å². The van der Waals surface area contributed by atoms with Crippen molar-refractivity contribution in [3.63, 3.8) is 0 Å². The van der Waals surface area contributed by atoms with Crippen LogP contribution in [0.2, 0.25) is 0 Å². The first-order valence-corrected chi connectivity index (χ1v) is 10.8. The molecule has 4 nitrogen and oxygen atoms in total. The zero-order valence-corrected chi connectivity index (χ0v) is 16.8. The molecular formula is C21H31N3OS. The van der Waals surface area contributed by atoms with Crippen molar-refractivity contribution in [3.8, 4) is 0 Å². The number of rotatable bonds is 8. The van der Waals surface area contributed by atoms with Gasteiger partial charge in [0.2, 0.25) is 5.91 Å². The fraction of sp³-hybridized carbons (Fsp3) is 0.619. The highest BCUT2D eigenvalue weighted by Gasteiger charge is 2.36. The Morgan fingerprint density at radius 3 is 2.85 bits per heavy atom. The highest BCUT2D eigenvalue weighted by atomic mass is 32.1. The third kappa shape index (κ3) is 4.44. The lowest BCUT2D eigenvalue weighted by molar-refractivity contribution is -0.131. The van der Waals surface area contributed by atoms with Crippen molar-refractivity contribution in [2.24, 2.45) is 11.3 Å². The highest BCUT2D eigenvalue weighted by molar-refractivity contribution is 7.18. The molecule has 2 aromatic rings. The number of piperidine rings is 1. The Morgan fingerprint density at radius 1 is 1.35 bits per heavy atom. The molecule has 1 atom stereocenters. The first-order valence-electron chi connectivity index (χ1n) is 10.0. The Kier molecular flexibility index (Phi) is 6.65. The monoisotopic (exact) mass is 373 g/mol. The van der Waals surface area contributed by atoms with Crippen molar-refractivity contribution in [2.75, 3.05) is 19.6 Å². The summed E-state index contributed by atoms with van der Waals surface area (Å²) in [7, 11) is 0. The number of thiazole rings is 1. The second-order valence-corrected chi connectivity index (χ2v) is 8.61. The average Bonchev–Trinajstić information content (AvgIpc) is 3.09. The maximum Gasteiger partial charge on any atom is 0.226 e. The third-order valence-electron chi connectivity index (χ3n) is 5.90. The lowest BCUT2D eigenvalue weighted by Crippen LogP contribution is -2.43. The van der Waals surface area contributed by atoms with Crippen LogP contribution in [0.3, 0.4) is 0 Å². The van der Waals surface area contributed by atoms with E-state index in [1.165, 1.54) is 17.5 Å². The largest absolute Gasteiger partial charge is 0.356 e. The van der Waals surface area contributed by atoms with Crippen molar-refractivity contribution in [2.45, 2.75) is 52.4 Å². The van der Waals surface area contributed by atoms with Gasteiger partial charge in [0, 0.05) is 13.0 Å². The summed E-state index contributed by atoms with van der Waals surface area (Å²) in [5.74, 6) is 0.900. The van der Waals surface area contributed by atoms with Crippen LogP contribution in [0.4, 0.5) is 0 Å². The molecule has 0 radical (unpaired) electrons. The number of aromatic nitrogens is 1. The second-order valence-electron chi connectivity index (χ2n) is 7.50. The molecule has 142 valence electrons. The Balaban J connectivity index is 1.62. The minimum atomic E-state index is -0.349. The van der Waals surface area contributed by atoms with Crippen LogP contribution in [0, 0.1) is 11.3 Å². The molecule has 0 aliphatic carbocycles. The molecule has 1 fully saturated rings. The molecule has 3 rings (SSSR count). The molecule has 2 N–H and O–H groups in total. The zero-order chi connectivity index (χ0) is 18.4. The van der Waals surface area contributed by atoms with Gasteiger partial charge in [-0.2, -0.15) is 0 Å². The lowest BCUT2D eigenvalue weighted by atomic mass is 9.78. The van der Waals surface area contributed by atoms with Gasteiger partial charge in [0.05, 0.1) is 20.6 Å². The smallest absolute Gasteiger partial charge is 0.226 e. The van der Waals surface area contributed by atoms with E-state index in [9.17, 15) is 4.79 Å². The summed E-state index contributed by atoms with van der Waals surface area (Å²) in [6.45, 7) is 7.27. The summed E-state index contributed by atoms with van der Waals surface area (Å²) >= 11 is 1.72. The quantitative estimate of drug-likeness (QED) is 0.731. The Morgan fingerprint density at radius 2 is 2.15 bits per heavy atom. The minimum absolute atomic E-state index is 0.200. The van der Waals surface area contributed by atoms with Gasteiger partial charge in [-0.25, -0.2) is 4.98 Å². The van der Waals surface area contributed by atoms with Gasteiger partial charge in [-0.1, -0.05) is 26.0 Å². The fourth-order valence-electron chi connectivity index (χ4n) is 3.93. The van der Waals surface area contributed by atoms with E-state index in [0.717, 1.165) is 55.8 Å². The van der Waals surface area contributed by atoms with Crippen molar-refractivity contribution < 1.29 is 4.79 Å². The number of carbonyl (C=O) groups excluding carboxylic acids is 1. The van der Waals surface area contributed by atoms with Crippen molar-refractivity contribution in [3.05, 3.63) is 29.3 Å². The molecule has 0 saturated carbocycles. The lowest BCUT2D eigenvalue weighted by Gasteiger charge is -2.30. The Bertz CT molecular complexity index is 684. The molecule has 1 amide bonds. The van der Waals surface area contributed by atoms with E-state index in [4.69, 9.17) is 4.98 Å². The van der Waals surface area contributed by atoms with Crippen LogP contribution in [-0.2, 0) is 11.2 Å². The van der Waals surface area contributed by atoms with E-state index in [1.807, 2.05) is 18.2 Å². The number of nitrogens with zero attached hydrogens (tertiary/aromatic N) is 1. The Labute approximate surface area is 160 Å². The Hall–Kier alpha value is -1.46. The normalized spacial score (nSPS) is 18.2. The molecule has 1 aliphatic rings. The SMILES string of the molecule is CCC(CC)(Cc1nc2ccccc2s1)C(=O)NCCC1CCCNC1. The maximum absolute atomic E-state index is 13.0. The molecule has 0 bridgehead atoms. The molecule has 1 unspecified atom stereocenters. The van der Waals surface area contributed by atoms with Crippen LogP contribution >= 0.6 is 11.3 Å². The van der Waals surface area contributed by atoms with Gasteiger partial charge >= 0.3 is 0 Å². The molecule has 1 aromatic carbocycles. The number of benzene rings is 1. The molecule has 2 heterocycles. The maximum atomic E-state index is 13.0. The van der Waals surface area contributed by atoms with Crippen LogP contribution in [0.1, 0.15) is 51.0 Å². The average molecular weight is 374 g/mol. The first kappa shape index (κ1) is 19.3. The van der Waals surface area contributed by atoms with E-state index < -0.39 is 0 Å². The summed E-state index contributed by atoms with van der Waals surface area (Å²) in [6.07, 6.45) is 6.03. The molecule has 1 aliphatic heterocycles. The van der Waals surface area contributed by atoms with E-state index in [-0.39, 0.29) is 11.3 Å². The van der Waals surface area contributed by atoms with Crippen LogP contribution in [0.25, 0.3) is 10.2 Å². The van der Waals surface area contributed by atoms with Crippen LogP contribution in [-0.4, -0.2) is 30.5 Å². The predicted octanol–water partition coefficient (Wildman–Crippen LogP) is 4.15. The topological polar surface area (TPSA) is 54.0 Å². The molecule has 1 aromatic heterocycles. The number of fused-ring (bicyclic) bond motifs is 1. The molecule has 1 saturated heterocycles. The number of hydrogen-bond acceptors (Lipinski definition) is 4. The predicted molar refractivity (Wildman–Crippen MR) is 110 cm³/mol. The van der Waals surface area contributed by atoms with Gasteiger partial charge in [-0.3, -0.25) is 4.79 Å².